The maximum Gasteiger partial charge on any atom is 0.293 e. The van der Waals surface area contributed by atoms with Crippen molar-refractivity contribution in [2.24, 2.45) is 5.10 Å². The largest absolute Gasteiger partial charge is 0.497 e. The fourth-order valence-corrected chi connectivity index (χ4v) is 3.40. The number of carbonyl (C=O) groups excluding carboxylic acids is 1. The van der Waals surface area contributed by atoms with E-state index in [9.17, 15) is 4.79 Å². The van der Waals surface area contributed by atoms with Crippen molar-refractivity contribution in [2.75, 3.05) is 33.0 Å². The summed E-state index contributed by atoms with van der Waals surface area (Å²) in [6.07, 6.45) is 3.36. The smallest absolute Gasteiger partial charge is 0.293 e. The Bertz CT molecular complexity index is 1120. The number of nitrogens with zero attached hydrogens (tertiary/aromatic N) is 7. The summed E-state index contributed by atoms with van der Waals surface area (Å²) < 4.78 is 16.6. The number of rotatable bonds is 12. The Balaban J connectivity index is 1.88. The predicted molar refractivity (Wildman–Crippen MR) is 124 cm³/mol. The van der Waals surface area contributed by atoms with E-state index in [2.05, 4.69) is 49.9 Å². The Labute approximate surface area is 196 Å². The Kier molecular flexibility index (Phi) is 8.51. The molecule has 2 aromatic heterocycles. The molecule has 13 heteroatoms. The lowest BCUT2D eigenvalue weighted by Crippen LogP contribution is -2.28. The van der Waals surface area contributed by atoms with Gasteiger partial charge in [0.15, 0.2) is 5.69 Å². The first-order valence-corrected chi connectivity index (χ1v) is 10.8. The number of nitrogens with one attached hydrogen (secondary N) is 1. The zero-order valence-electron chi connectivity index (χ0n) is 19.7. The number of nitrogen functional groups attached to an aromatic ring is 1. The summed E-state index contributed by atoms with van der Waals surface area (Å²) in [4.78, 5) is 15.2. The lowest BCUT2D eigenvalue weighted by molar-refractivity contribution is 0.0947. The van der Waals surface area contributed by atoms with E-state index in [-0.39, 0.29) is 17.3 Å². The monoisotopic (exact) mass is 471 g/mol. The summed E-state index contributed by atoms with van der Waals surface area (Å²) in [7, 11) is 3.11. The van der Waals surface area contributed by atoms with Gasteiger partial charge in [0.2, 0.25) is 11.6 Å². The molecule has 3 aromatic rings. The summed E-state index contributed by atoms with van der Waals surface area (Å²) in [6.45, 7) is 6.25. The standard InChI is InChI=1S/C21H29N9O4/c1-5-9-29(10-6-2)13-16-18(24-28-30(16)20-19(22)26-34-27-20)21(31)25-23-12-14-11-15(32-3)7-8-17(14)33-4/h7-8,11-12H,5-6,9-10,13H2,1-4H3,(H2,22,26)(H,25,31)/b23-12+. The number of amides is 1. The van der Waals surface area contributed by atoms with E-state index in [1.807, 2.05) is 0 Å². The molecule has 3 rings (SSSR count). The van der Waals surface area contributed by atoms with E-state index in [0.29, 0.717) is 29.3 Å². The molecule has 13 nitrogen and oxygen atoms in total. The third kappa shape index (κ3) is 5.67. The van der Waals surface area contributed by atoms with Crippen LogP contribution in [-0.4, -0.2) is 69.6 Å². The average molecular weight is 472 g/mol. The highest BCUT2D eigenvalue weighted by Crippen LogP contribution is 2.22. The quantitative estimate of drug-likeness (QED) is 0.294. The zero-order valence-corrected chi connectivity index (χ0v) is 19.7. The third-order valence-electron chi connectivity index (χ3n) is 4.93. The highest BCUT2D eigenvalue weighted by molar-refractivity contribution is 5.94. The third-order valence-corrected chi connectivity index (χ3v) is 4.93. The van der Waals surface area contributed by atoms with Crippen LogP contribution in [0.3, 0.4) is 0 Å². The van der Waals surface area contributed by atoms with Gasteiger partial charge in [-0.1, -0.05) is 19.1 Å². The van der Waals surface area contributed by atoms with Crippen molar-refractivity contribution in [3.8, 4) is 17.3 Å². The Morgan fingerprint density at radius 2 is 2.00 bits per heavy atom. The number of ether oxygens (including phenoxy) is 2. The lowest BCUT2D eigenvalue weighted by Gasteiger charge is -2.21. The first-order chi connectivity index (χ1) is 16.5. The van der Waals surface area contributed by atoms with Gasteiger partial charge in [-0.05, 0) is 54.4 Å². The van der Waals surface area contributed by atoms with Gasteiger partial charge >= 0.3 is 0 Å². The number of nitrogens with two attached hydrogens (primary N) is 1. The van der Waals surface area contributed by atoms with E-state index in [1.165, 1.54) is 10.9 Å². The van der Waals surface area contributed by atoms with Crippen molar-refractivity contribution in [1.82, 2.24) is 35.6 Å². The SMILES string of the molecule is CCCN(CCC)Cc1c(C(=O)N/N=C/c2cc(OC)ccc2OC)nnn1-c1nonc1N. The molecule has 0 aliphatic rings. The zero-order chi connectivity index (χ0) is 24.5. The predicted octanol–water partition coefficient (Wildman–Crippen LogP) is 1.64. The fourth-order valence-electron chi connectivity index (χ4n) is 3.40. The number of hydrazone groups is 1. The van der Waals surface area contributed by atoms with Crippen LogP contribution in [0.2, 0.25) is 0 Å². The van der Waals surface area contributed by atoms with Gasteiger partial charge in [-0.3, -0.25) is 9.69 Å². The van der Waals surface area contributed by atoms with Crippen LogP contribution >= 0.6 is 0 Å². The Morgan fingerprint density at radius 1 is 1.24 bits per heavy atom. The highest BCUT2D eigenvalue weighted by atomic mass is 16.6. The van der Waals surface area contributed by atoms with Crippen molar-refractivity contribution < 1.29 is 18.9 Å². The van der Waals surface area contributed by atoms with E-state index < -0.39 is 5.91 Å². The molecule has 0 aliphatic carbocycles. The molecule has 0 fully saturated rings. The topological polar surface area (TPSA) is 159 Å². The van der Waals surface area contributed by atoms with Crippen LogP contribution in [0, 0.1) is 0 Å². The molecule has 2 heterocycles. The average Bonchev–Trinajstić information content (AvgIpc) is 3.44. The van der Waals surface area contributed by atoms with Crippen molar-refractivity contribution in [3.05, 3.63) is 35.2 Å². The summed E-state index contributed by atoms with van der Waals surface area (Å²) >= 11 is 0. The molecule has 0 atom stereocenters. The molecule has 0 unspecified atom stereocenters. The summed E-state index contributed by atoms with van der Waals surface area (Å²) in [5.41, 5.74) is 9.57. The minimum atomic E-state index is -0.540. The number of carbonyl (C=O) groups is 1. The number of methoxy groups -OCH3 is 2. The highest BCUT2D eigenvalue weighted by Gasteiger charge is 2.25. The van der Waals surface area contributed by atoms with Gasteiger partial charge in [-0.2, -0.15) is 9.78 Å². The van der Waals surface area contributed by atoms with Crippen LogP contribution in [0.4, 0.5) is 5.82 Å². The number of hydrogen-bond acceptors (Lipinski definition) is 11. The number of benzene rings is 1. The molecule has 182 valence electrons. The second kappa shape index (κ2) is 11.7. The normalized spacial score (nSPS) is 11.3. The fraction of sp³-hybridized carbons (Fsp3) is 0.429. The van der Waals surface area contributed by atoms with Crippen molar-refractivity contribution in [3.63, 3.8) is 0 Å². The van der Waals surface area contributed by atoms with Crippen LogP contribution in [0.25, 0.3) is 5.82 Å². The summed E-state index contributed by atoms with van der Waals surface area (Å²) in [5.74, 6) is 0.874. The molecule has 0 bridgehead atoms. The number of aromatic nitrogens is 5. The van der Waals surface area contributed by atoms with Crippen molar-refractivity contribution >= 4 is 17.9 Å². The Morgan fingerprint density at radius 3 is 2.62 bits per heavy atom. The molecular weight excluding hydrogens is 442 g/mol. The van der Waals surface area contributed by atoms with E-state index in [1.54, 1.807) is 32.4 Å². The molecular formula is C21H29N9O4. The van der Waals surface area contributed by atoms with Gasteiger partial charge in [0.25, 0.3) is 5.91 Å². The molecule has 1 aromatic carbocycles. The van der Waals surface area contributed by atoms with E-state index in [0.717, 1.165) is 25.9 Å². The molecule has 0 saturated carbocycles. The van der Waals surface area contributed by atoms with Gasteiger partial charge in [0.1, 0.15) is 11.5 Å². The van der Waals surface area contributed by atoms with E-state index >= 15 is 0 Å². The van der Waals surface area contributed by atoms with Crippen molar-refractivity contribution in [2.45, 2.75) is 33.2 Å². The second-order valence-corrected chi connectivity index (χ2v) is 7.35. The molecule has 0 saturated heterocycles. The minimum Gasteiger partial charge on any atom is -0.497 e. The van der Waals surface area contributed by atoms with Crippen LogP contribution in [-0.2, 0) is 6.54 Å². The van der Waals surface area contributed by atoms with Gasteiger partial charge < -0.3 is 15.2 Å². The van der Waals surface area contributed by atoms with Gasteiger partial charge in [-0.25, -0.2) is 10.1 Å². The molecule has 34 heavy (non-hydrogen) atoms. The van der Waals surface area contributed by atoms with Crippen LogP contribution in [0.15, 0.2) is 27.9 Å². The minimum absolute atomic E-state index is 0.0405. The maximum atomic E-state index is 13.0. The van der Waals surface area contributed by atoms with Crippen molar-refractivity contribution in [1.29, 1.82) is 0 Å². The first-order valence-electron chi connectivity index (χ1n) is 10.8. The lowest BCUT2D eigenvalue weighted by atomic mass is 10.2. The van der Waals surface area contributed by atoms with E-state index in [4.69, 9.17) is 19.8 Å². The molecule has 0 aliphatic heterocycles. The number of anilines is 1. The van der Waals surface area contributed by atoms with Gasteiger partial charge in [0.05, 0.1) is 26.1 Å². The first kappa shape index (κ1) is 24.6. The molecule has 0 radical (unpaired) electrons. The second-order valence-electron chi connectivity index (χ2n) is 7.35. The Hall–Kier alpha value is -4.00. The molecule has 0 spiro atoms. The molecule has 1 amide bonds. The van der Waals surface area contributed by atoms with Crippen LogP contribution in [0.1, 0.15) is 48.4 Å². The maximum absolute atomic E-state index is 13.0. The number of hydrogen-bond donors (Lipinski definition) is 2. The molecule has 3 N–H and O–H groups in total. The van der Waals surface area contributed by atoms with Gasteiger partial charge in [-0.15, -0.1) is 5.10 Å². The summed E-state index contributed by atoms with van der Waals surface area (Å²) in [5, 5.41) is 19.6. The van der Waals surface area contributed by atoms with Crippen LogP contribution in [0.5, 0.6) is 11.5 Å². The van der Waals surface area contributed by atoms with Gasteiger partial charge in [0, 0.05) is 12.1 Å². The summed E-state index contributed by atoms with van der Waals surface area (Å²) in [6, 6.07) is 5.25. The van der Waals surface area contributed by atoms with Crippen LogP contribution < -0.4 is 20.6 Å².